The Labute approximate surface area is 202 Å². The van der Waals surface area contributed by atoms with Crippen LogP contribution in [0.25, 0.3) is 16.8 Å². The van der Waals surface area contributed by atoms with Crippen molar-refractivity contribution >= 4 is 17.2 Å². The van der Waals surface area contributed by atoms with E-state index in [9.17, 15) is 13.6 Å². The lowest BCUT2D eigenvalue weighted by atomic mass is 9.97. The van der Waals surface area contributed by atoms with Gasteiger partial charge in [0.05, 0.1) is 11.6 Å². The minimum Gasteiger partial charge on any atom is -0.354 e. The summed E-state index contributed by atoms with van der Waals surface area (Å²) in [5.74, 6) is -0.904. The van der Waals surface area contributed by atoms with Crippen LogP contribution in [0, 0.1) is 31.4 Å². The molecule has 1 aliphatic heterocycles. The third kappa shape index (κ3) is 4.73. The lowest BCUT2D eigenvalue weighted by Crippen LogP contribution is -2.43. The third-order valence-corrected chi connectivity index (χ3v) is 6.59. The van der Waals surface area contributed by atoms with Gasteiger partial charge in [-0.2, -0.15) is 5.10 Å². The topological polar surface area (TPSA) is 62.5 Å². The molecule has 2 aromatic carbocycles. The summed E-state index contributed by atoms with van der Waals surface area (Å²) >= 11 is 0. The van der Waals surface area contributed by atoms with Crippen LogP contribution in [0.4, 0.5) is 14.6 Å². The Hall–Kier alpha value is -3.81. The molecular formula is C27H27F2N5O. The average molecular weight is 476 g/mol. The van der Waals surface area contributed by atoms with Gasteiger partial charge in [-0.25, -0.2) is 18.3 Å². The molecule has 0 aliphatic carbocycles. The van der Waals surface area contributed by atoms with Crippen molar-refractivity contribution < 1.29 is 13.6 Å². The lowest BCUT2D eigenvalue weighted by Gasteiger charge is -2.33. The number of halogens is 2. The number of hydrogen-bond donors (Lipinski definition) is 1. The molecule has 4 aromatic rings. The molecule has 8 heteroatoms. The van der Waals surface area contributed by atoms with Gasteiger partial charge in [-0.3, -0.25) is 4.79 Å². The largest absolute Gasteiger partial charge is 0.354 e. The highest BCUT2D eigenvalue weighted by molar-refractivity contribution is 5.81. The summed E-state index contributed by atoms with van der Waals surface area (Å²) in [6.45, 7) is 5.47. The van der Waals surface area contributed by atoms with Crippen molar-refractivity contribution in [1.82, 2.24) is 19.9 Å². The maximum Gasteiger partial charge on any atom is 0.225 e. The van der Waals surface area contributed by atoms with Crippen LogP contribution >= 0.6 is 0 Å². The zero-order valence-corrected chi connectivity index (χ0v) is 19.8. The number of hydrogen-bond acceptors (Lipinski definition) is 4. The van der Waals surface area contributed by atoms with Gasteiger partial charge < -0.3 is 10.2 Å². The van der Waals surface area contributed by atoms with E-state index >= 15 is 0 Å². The van der Waals surface area contributed by atoms with Crippen molar-refractivity contribution in [2.75, 3.05) is 18.0 Å². The van der Waals surface area contributed by atoms with Crippen LogP contribution in [0.3, 0.4) is 0 Å². The summed E-state index contributed by atoms with van der Waals surface area (Å²) in [5, 5.41) is 7.58. The summed E-state index contributed by atoms with van der Waals surface area (Å²) in [4.78, 5) is 19.6. The van der Waals surface area contributed by atoms with E-state index in [0.29, 0.717) is 6.54 Å². The highest BCUT2D eigenvalue weighted by Gasteiger charge is 2.28. The minimum atomic E-state index is -0.660. The Morgan fingerprint density at radius 2 is 2.00 bits per heavy atom. The molecule has 1 aliphatic rings. The Kier molecular flexibility index (Phi) is 6.19. The average Bonchev–Trinajstić information content (AvgIpc) is 3.27. The van der Waals surface area contributed by atoms with Crippen molar-refractivity contribution in [2.24, 2.45) is 5.92 Å². The zero-order chi connectivity index (χ0) is 24.5. The number of anilines is 1. The van der Waals surface area contributed by atoms with Gasteiger partial charge in [0, 0.05) is 49.2 Å². The van der Waals surface area contributed by atoms with Crippen molar-refractivity contribution in [3.05, 3.63) is 83.2 Å². The number of carbonyl (C=O) groups excluding carboxylic acids is 1. The van der Waals surface area contributed by atoms with Gasteiger partial charge in [-0.1, -0.05) is 29.8 Å². The molecule has 1 atom stereocenters. The maximum absolute atomic E-state index is 13.9. The quantitative estimate of drug-likeness (QED) is 0.449. The van der Waals surface area contributed by atoms with E-state index in [-0.39, 0.29) is 23.9 Å². The molecule has 1 saturated heterocycles. The molecule has 1 amide bonds. The van der Waals surface area contributed by atoms with E-state index in [1.54, 1.807) is 6.20 Å². The summed E-state index contributed by atoms with van der Waals surface area (Å²) in [6.07, 6.45) is 5.13. The smallest absolute Gasteiger partial charge is 0.225 e. The summed E-state index contributed by atoms with van der Waals surface area (Å²) < 4.78 is 28.9. The first-order chi connectivity index (χ1) is 16.9. The fourth-order valence-electron chi connectivity index (χ4n) is 4.76. The van der Waals surface area contributed by atoms with Crippen LogP contribution < -0.4 is 10.2 Å². The van der Waals surface area contributed by atoms with E-state index in [1.165, 1.54) is 17.7 Å². The Morgan fingerprint density at radius 1 is 1.14 bits per heavy atom. The molecule has 1 N–H and O–H groups in total. The predicted octanol–water partition coefficient (Wildman–Crippen LogP) is 4.82. The first-order valence-corrected chi connectivity index (χ1v) is 11.8. The number of amides is 1. The molecule has 0 radical (unpaired) electrons. The zero-order valence-electron chi connectivity index (χ0n) is 19.8. The maximum atomic E-state index is 13.9. The van der Waals surface area contributed by atoms with Gasteiger partial charge in [0.25, 0.3) is 0 Å². The Balaban J connectivity index is 1.34. The number of rotatable bonds is 5. The van der Waals surface area contributed by atoms with Crippen molar-refractivity contribution in [1.29, 1.82) is 0 Å². The van der Waals surface area contributed by atoms with E-state index < -0.39 is 11.6 Å². The van der Waals surface area contributed by atoms with Gasteiger partial charge in [-0.05, 0) is 44.4 Å². The van der Waals surface area contributed by atoms with Crippen molar-refractivity contribution in [3.63, 3.8) is 0 Å². The van der Waals surface area contributed by atoms with E-state index in [2.05, 4.69) is 47.2 Å². The number of fused-ring (bicyclic) bond motifs is 1. The van der Waals surface area contributed by atoms with Crippen molar-refractivity contribution in [3.8, 4) is 11.3 Å². The summed E-state index contributed by atoms with van der Waals surface area (Å²) in [5.41, 5.74) is 5.47. The summed E-state index contributed by atoms with van der Waals surface area (Å²) in [6, 6.07) is 11.7. The standard InChI is InChI=1S/C27H27F2N5O/c1-17-5-8-22(18(2)12-17)24-14-25-26(30-9-11-34(25)32-24)33-10-3-4-20(16-33)27(35)31-15-19-6-7-21(28)13-23(19)29/h5-9,11-14,20H,3-4,10,15-16H2,1-2H3,(H,31,35)/t20-/m0/s1. The second-order valence-corrected chi connectivity index (χ2v) is 9.17. The SMILES string of the molecule is Cc1ccc(-c2cc3c(N4CCC[C@H](C(=O)NCc5ccc(F)cc5F)C4)nccn3n2)c(C)c1. The van der Waals surface area contributed by atoms with Crippen LogP contribution in [0.1, 0.15) is 29.5 Å². The van der Waals surface area contributed by atoms with Crippen LogP contribution in [-0.4, -0.2) is 33.6 Å². The molecule has 3 heterocycles. The molecule has 180 valence electrons. The number of aromatic nitrogens is 3. The van der Waals surface area contributed by atoms with Crippen molar-refractivity contribution in [2.45, 2.75) is 33.2 Å². The van der Waals surface area contributed by atoms with Gasteiger partial charge in [0.15, 0.2) is 5.82 Å². The molecule has 6 nitrogen and oxygen atoms in total. The first kappa shape index (κ1) is 23.0. The molecule has 0 unspecified atom stereocenters. The molecule has 35 heavy (non-hydrogen) atoms. The number of nitrogens with zero attached hydrogens (tertiary/aromatic N) is 4. The first-order valence-electron chi connectivity index (χ1n) is 11.8. The fourth-order valence-corrected chi connectivity index (χ4v) is 4.76. The van der Waals surface area contributed by atoms with Gasteiger partial charge in [0.1, 0.15) is 17.2 Å². The van der Waals surface area contributed by atoms with Gasteiger partial charge in [-0.15, -0.1) is 0 Å². The van der Waals surface area contributed by atoms with E-state index in [4.69, 9.17) is 5.10 Å². The van der Waals surface area contributed by atoms with Crippen LogP contribution in [0.2, 0.25) is 0 Å². The third-order valence-electron chi connectivity index (χ3n) is 6.59. The molecular weight excluding hydrogens is 448 g/mol. The highest BCUT2D eigenvalue weighted by atomic mass is 19.1. The van der Waals surface area contributed by atoms with Crippen LogP contribution in [0.5, 0.6) is 0 Å². The van der Waals surface area contributed by atoms with Gasteiger partial charge >= 0.3 is 0 Å². The molecule has 0 saturated carbocycles. The highest BCUT2D eigenvalue weighted by Crippen LogP contribution is 2.30. The molecule has 5 rings (SSSR count). The lowest BCUT2D eigenvalue weighted by molar-refractivity contribution is -0.125. The van der Waals surface area contributed by atoms with Crippen LogP contribution in [0.15, 0.2) is 54.9 Å². The second kappa shape index (κ2) is 9.44. The number of benzene rings is 2. The molecule has 0 spiro atoms. The molecule has 2 aromatic heterocycles. The number of aryl methyl sites for hydroxylation is 2. The monoisotopic (exact) mass is 475 g/mol. The Morgan fingerprint density at radius 3 is 2.80 bits per heavy atom. The predicted molar refractivity (Wildman–Crippen MR) is 131 cm³/mol. The fraction of sp³-hybridized carbons (Fsp3) is 0.296. The normalized spacial score (nSPS) is 16.0. The number of nitrogens with one attached hydrogen (secondary N) is 1. The Bertz CT molecular complexity index is 1400. The summed E-state index contributed by atoms with van der Waals surface area (Å²) in [7, 11) is 0. The minimum absolute atomic E-state index is 0.0250. The molecule has 0 bridgehead atoms. The van der Waals surface area contributed by atoms with Gasteiger partial charge in [0.2, 0.25) is 5.91 Å². The van der Waals surface area contributed by atoms with Crippen LogP contribution in [-0.2, 0) is 11.3 Å². The number of piperidine rings is 1. The molecule has 1 fully saturated rings. The number of carbonyl (C=O) groups is 1. The van der Waals surface area contributed by atoms with E-state index in [0.717, 1.165) is 53.6 Å². The van der Waals surface area contributed by atoms with E-state index in [1.807, 2.05) is 16.8 Å². The second-order valence-electron chi connectivity index (χ2n) is 9.17.